The van der Waals surface area contributed by atoms with Crippen LogP contribution in [0.1, 0.15) is 11.7 Å². The summed E-state index contributed by atoms with van der Waals surface area (Å²) in [5.74, 6) is 0. The van der Waals surface area contributed by atoms with E-state index >= 15 is 0 Å². The average molecular weight is 291 g/mol. The number of alkyl halides is 3. The first-order valence-electron chi connectivity index (χ1n) is 6.02. The van der Waals surface area contributed by atoms with Crippen molar-refractivity contribution in [2.45, 2.75) is 31.9 Å². The normalized spacial score (nSPS) is 14.3. The lowest BCUT2D eigenvalue weighted by molar-refractivity contribution is -0.200. The molecule has 0 aliphatic rings. The minimum Gasteiger partial charge on any atom is -0.403 e. The van der Waals surface area contributed by atoms with Gasteiger partial charge in [0.2, 0.25) is 0 Å². The van der Waals surface area contributed by atoms with Crippen molar-refractivity contribution in [2.24, 2.45) is 0 Å². The van der Waals surface area contributed by atoms with Crippen LogP contribution < -0.4 is 4.90 Å². The lowest BCUT2D eigenvalue weighted by atomic mass is 10.1. The van der Waals surface area contributed by atoms with Gasteiger partial charge >= 0.3 is 6.18 Å². The number of rotatable bonds is 4. The van der Waals surface area contributed by atoms with Crippen LogP contribution in [0.3, 0.4) is 0 Å². The highest BCUT2D eigenvalue weighted by atomic mass is 28.4. The van der Waals surface area contributed by atoms with E-state index in [1.165, 1.54) is 12.1 Å². The molecule has 0 aromatic heterocycles. The van der Waals surface area contributed by atoms with Gasteiger partial charge in [0.05, 0.1) is 0 Å². The number of halogens is 3. The Morgan fingerprint density at radius 1 is 1.05 bits per heavy atom. The predicted octanol–water partition coefficient (Wildman–Crippen LogP) is 4.21. The van der Waals surface area contributed by atoms with Crippen LogP contribution >= 0.6 is 0 Å². The van der Waals surface area contributed by atoms with Gasteiger partial charge in [-0.1, -0.05) is 12.1 Å². The fraction of sp³-hybridized carbons (Fsp3) is 0.538. The van der Waals surface area contributed by atoms with E-state index in [9.17, 15) is 13.2 Å². The summed E-state index contributed by atoms with van der Waals surface area (Å²) < 4.78 is 44.5. The zero-order chi connectivity index (χ0) is 14.8. The summed E-state index contributed by atoms with van der Waals surface area (Å²) in [5, 5.41) is 0. The molecule has 0 aliphatic heterocycles. The van der Waals surface area contributed by atoms with E-state index in [0.29, 0.717) is 0 Å². The molecule has 1 rings (SSSR count). The first-order valence-corrected chi connectivity index (χ1v) is 9.43. The molecular weight excluding hydrogens is 271 g/mol. The van der Waals surface area contributed by atoms with Crippen molar-refractivity contribution >= 4 is 14.0 Å². The second-order valence-corrected chi connectivity index (χ2v) is 10.1. The van der Waals surface area contributed by atoms with Crippen LogP contribution in [0.4, 0.5) is 18.9 Å². The molecule has 2 nitrogen and oxygen atoms in total. The Morgan fingerprint density at radius 2 is 1.53 bits per heavy atom. The molecule has 0 N–H and O–H groups in total. The smallest absolute Gasteiger partial charge is 0.403 e. The van der Waals surface area contributed by atoms with Crippen LogP contribution in [0.25, 0.3) is 0 Å². The molecule has 1 unspecified atom stereocenters. The van der Waals surface area contributed by atoms with E-state index < -0.39 is 20.6 Å². The zero-order valence-corrected chi connectivity index (χ0v) is 12.9. The van der Waals surface area contributed by atoms with Gasteiger partial charge in [-0.15, -0.1) is 0 Å². The van der Waals surface area contributed by atoms with Crippen molar-refractivity contribution in [3.05, 3.63) is 29.8 Å². The first kappa shape index (κ1) is 16.0. The van der Waals surface area contributed by atoms with E-state index in [1.54, 1.807) is 31.8 Å². The largest absolute Gasteiger partial charge is 0.417 e. The second kappa shape index (κ2) is 5.54. The summed E-state index contributed by atoms with van der Waals surface area (Å²) in [4.78, 5) is 1.84. The molecular formula is C13H20F3NOSi. The standard InChI is InChI=1S/C13H20F3NOSi/c1-17(2)11-8-6-10(7-9-11)12(13(14,15)16)18-19(3,4)5/h6-9,12H,1-5H3. The number of anilines is 1. The quantitative estimate of drug-likeness (QED) is 0.771. The Kier molecular flexibility index (Phi) is 4.68. The average Bonchev–Trinajstić information content (AvgIpc) is 2.23. The molecule has 0 saturated carbocycles. The van der Waals surface area contributed by atoms with E-state index in [1.807, 2.05) is 19.0 Å². The van der Waals surface area contributed by atoms with Gasteiger partial charge in [0.15, 0.2) is 14.4 Å². The van der Waals surface area contributed by atoms with Gasteiger partial charge in [-0.25, -0.2) is 0 Å². The predicted molar refractivity (Wildman–Crippen MR) is 74.0 cm³/mol. The van der Waals surface area contributed by atoms with Gasteiger partial charge in [0.1, 0.15) is 0 Å². The lowest BCUT2D eigenvalue weighted by Crippen LogP contribution is -2.35. The van der Waals surface area contributed by atoms with Crippen LogP contribution in [-0.4, -0.2) is 28.6 Å². The molecule has 0 heterocycles. The molecule has 19 heavy (non-hydrogen) atoms. The van der Waals surface area contributed by atoms with Gasteiger partial charge in [0.25, 0.3) is 0 Å². The van der Waals surface area contributed by atoms with E-state index in [-0.39, 0.29) is 5.56 Å². The van der Waals surface area contributed by atoms with E-state index in [0.717, 1.165) is 5.69 Å². The second-order valence-electron chi connectivity index (χ2n) is 5.64. The van der Waals surface area contributed by atoms with Crippen LogP contribution in [0, 0.1) is 0 Å². The first-order chi connectivity index (χ1) is 8.50. The van der Waals surface area contributed by atoms with Gasteiger partial charge in [0, 0.05) is 19.8 Å². The molecule has 1 aromatic rings. The highest BCUT2D eigenvalue weighted by molar-refractivity contribution is 6.69. The highest BCUT2D eigenvalue weighted by Gasteiger charge is 2.44. The lowest BCUT2D eigenvalue weighted by Gasteiger charge is -2.28. The summed E-state index contributed by atoms with van der Waals surface area (Å²) in [6.45, 7) is 5.25. The molecule has 1 aromatic carbocycles. The molecule has 6 heteroatoms. The summed E-state index contributed by atoms with van der Waals surface area (Å²) >= 11 is 0. The van der Waals surface area contributed by atoms with E-state index in [4.69, 9.17) is 4.43 Å². The Labute approximate surface area is 113 Å². The summed E-state index contributed by atoms with van der Waals surface area (Å²) in [5.41, 5.74) is 1.01. The molecule has 0 fully saturated rings. The summed E-state index contributed by atoms with van der Waals surface area (Å²) in [6, 6.07) is 6.30. The maximum Gasteiger partial charge on any atom is 0.417 e. The summed E-state index contributed by atoms with van der Waals surface area (Å²) in [6.07, 6.45) is -6.23. The third kappa shape index (κ3) is 4.87. The Hall–Kier alpha value is -1.01. The van der Waals surface area contributed by atoms with Crippen LogP contribution in [-0.2, 0) is 4.43 Å². The fourth-order valence-electron chi connectivity index (χ4n) is 1.62. The molecule has 0 radical (unpaired) electrons. The third-order valence-electron chi connectivity index (χ3n) is 2.48. The van der Waals surface area contributed by atoms with Gasteiger partial charge in [-0.2, -0.15) is 13.2 Å². The molecule has 0 amide bonds. The molecule has 0 spiro atoms. The molecule has 0 bridgehead atoms. The number of nitrogens with zero attached hydrogens (tertiary/aromatic N) is 1. The fourth-order valence-corrected chi connectivity index (χ4v) is 2.60. The highest BCUT2D eigenvalue weighted by Crippen LogP contribution is 2.38. The third-order valence-corrected chi connectivity index (χ3v) is 3.42. The van der Waals surface area contributed by atoms with Crippen molar-refractivity contribution in [3.8, 4) is 0 Å². The van der Waals surface area contributed by atoms with Crippen LogP contribution in [0.5, 0.6) is 0 Å². The van der Waals surface area contributed by atoms with Crippen molar-refractivity contribution in [1.82, 2.24) is 0 Å². The number of benzene rings is 1. The molecule has 0 aliphatic carbocycles. The minimum absolute atomic E-state index is 0.153. The minimum atomic E-state index is -4.39. The van der Waals surface area contributed by atoms with Gasteiger partial charge < -0.3 is 9.33 Å². The Morgan fingerprint density at radius 3 is 1.84 bits per heavy atom. The van der Waals surface area contributed by atoms with E-state index in [2.05, 4.69) is 0 Å². The maximum atomic E-state index is 13.1. The van der Waals surface area contributed by atoms with Crippen LogP contribution in [0.2, 0.25) is 19.6 Å². The van der Waals surface area contributed by atoms with Crippen molar-refractivity contribution in [3.63, 3.8) is 0 Å². The SMILES string of the molecule is CN(C)c1ccc(C(O[Si](C)(C)C)C(F)(F)F)cc1. The van der Waals surface area contributed by atoms with Gasteiger partial charge in [-0.3, -0.25) is 0 Å². The zero-order valence-electron chi connectivity index (χ0n) is 11.9. The topological polar surface area (TPSA) is 12.5 Å². The number of hydrogen-bond acceptors (Lipinski definition) is 2. The molecule has 0 saturated heterocycles. The van der Waals surface area contributed by atoms with Crippen LogP contribution in [0.15, 0.2) is 24.3 Å². The number of hydrogen-bond donors (Lipinski definition) is 0. The Bertz CT molecular complexity index is 409. The Balaban J connectivity index is 3.05. The monoisotopic (exact) mass is 291 g/mol. The van der Waals surface area contributed by atoms with Crippen molar-refractivity contribution < 1.29 is 17.6 Å². The van der Waals surface area contributed by atoms with Gasteiger partial charge in [-0.05, 0) is 37.3 Å². The van der Waals surface area contributed by atoms with Crippen molar-refractivity contribution in [1.29, 1.82) is 0 Å². The maximum absolute atomic E-state index is 13.1. The van der Waals surface area contributed by atoms with Crippen molar-refractivity contribution in [2.75, 3.05) is 19.0 Å². The summed E-state index contributed by atoms with van der Waals surface area (Å²) in [7, 11) is 1.41. The molecule has 1 atom stereocenters. The molecule has 108 valence electrons.